The summed E-state index contributed by atoms with van der Waals surface area (Å²) in [6.45, 7) is 3.56. The number of hydrogen-bond acceptors (Lipinski definition) is 7. The number of benzene rings is 3. The molecule has 1 aliphatic rings. The summed E-state index contributed by atoms with van der Waals surface area (Å²) in [5.41, 5.74) is 1.54. The number of likely N-dealkylation sites (tertiary alicyclic amines) is 1. The van der Waals surface area contributed by atoms with Crippen molar-refractivity contribution in [2.45, 2.75) is 25.7 Å². The Morgan fingerprint density at radius 2 is 1.74 bits per heavy atom. The standard InChI is InChI=1S/C32H33FN4O5/c1-40-29-20-24-26(21-30(29)41-17-16-37-14-6-3-7-15-37)34-13-12-27(24)42-28-11-10-23(19-25(28)33)35-32(39)36-31(38)18-22-8-4-2-5-9-22/h2,4-5,8-13,19-21H,3,6-7,14-18H2,1H3,(H2,35,36,38,39). The molecule has 4 aromatic rings. The maximum atomic E-state index is 15.0. The number of halogens is 1. The van der Waals surface area contributed by atoms with Crippen LogP contribution >= 0.6 is 0 Å². The molecule has 9 nitrogen and oxygen atoms in total. The highest BCUT2D eigenvalue weighted by Gasteiger charge is 2.16. The van der Waals surface area contributed by atoms with Gasteiger partial charge >= 0.3 is 6.03 Å². The number of aromatic nitrogens is 1. The number of nitrogens with one attached hydrogen (secondary N) is 2. The number of piperidine rings is 1. The Kier molecular flexibility index (Phi) is 9.45. The molecule has 1 fully saturated rings. The second-order valence-corrected chi connectivity index (χ2v) is 9.99. The van der Waals surface area contributed by atoms with Crippen LogP contribution < -0.4 is 24.8 Å². The lowest BCUT2D eigenvalue weighted by Gasteiger charge is -2.26. The molecule has 0 atom stereocenters. The molecule has 2 N–H and O–H groups in total. The minimum absolute atomic E-state index is 0.0468. The van der Waals surface area contributed by atoms with Gasteiger partial charge < -0.3 is 19.5 Å². The van der Waals surface area contributed by atoms with E-state index in [1.807, 2.05) is 18.2 Å². The summed E-state index contributed by atoms with van der Waals surface area (Å²) in [7, 11) is 1.56. The Morgan fingerprint density at radius 1 is 0.929 bits per heavy atom. The monoisotopic (exact) mass is 572 g/mol. The summed E-state index contributed by atoms with van der Waals surface area (Å²) in [5.74, 6) is 0.254. The summed E-state index contributed by atoms with van der Waals surface area (Å²) in [6, 6.07) is 17.5. The molecule has 0 spiro atoms. The normalized spacial score (nSPS) is 13.4. The van der Waals surface area contributed by atoms with E-state index >= 15 is 4.39 Å². The van der Waals surface area contributed by atoms with E-state index in [0.29, 0.717) is 34.8 Å². The first kappa shape index (κ1) is 28.8. The van der Waals surface area contributed by atoms with E-state index in [0.717, 1.165) is 31.3 Å². The van der Waals surface area contributed by atoms with Crippen LogP contribution in [0.15, 0.2) is 72.9 Å². The summed E-state index contributed by atoms with van der Waals surface area (Å²) in [6.07, 6.45) is 5.35. The number of ether oxygens (including phenoxy) is 3. The van der Waals surface area contributed by atoms with Gasteiger partial charge in [0.15, 0.2) is 23.1 Å². The Hall–Kier alpha value is -4.70. The minimum atomic E-state index is -0.759. The molecule has 2 heterocycles. The van der Waals surface area contributed by atoms with Crippen LogP contribution in [-0.4, -0.2) is 55.2 Å². The third-order valence-corrected chi connectivity index (χ3v) is 6.97. The van der Waals surface area contributed by atoms with E-state index in [1.165, 1.54) is 31.4 Å². The molecule has 0 bridgehead atoms. The van der Waals surface area contributed by atoms with Gasteiger partial charge in [0.1, 0.15) is 12.4 Å². The Morgan fingerprint density at radius 3 is 2.50 bits per heavy atom. The van der Waals surface area contributed by atoms with E-state index in [9.17, 15) is 9.59 Å². The molecule has 42 heavy (non-hydrogen) atoms. The predicted molar refractivity (Wildman–Crippen MR) is 158 cm³/mol. The largest absolute Gasteiger partial charge is 0.493 e. The fourth-order valence-corrected chi connectivity index (χ4v) is 4.85. The predicted octanol–water partition coefficient (Wildman–Crippen LogP) is 5.93. The topological polar surface area (TPSA) is 102 Å². The van der Waals surface area contributed by atoms with Crippen molar-refractivity contribution in [1.82, 2.24) is 15.2 Å². The number of carbonyl (C=O) groups excluding carboxylic acids is 2. The Balaban J connectivity index is 1.23. The van der Waals surface area contributed by atoms with Crippen molar-refractivity contribution in [3.05, 3.63) is 84.3 Å². The molecule has 3 amide bonds. The smallest absolute Gasteiger partial charge is 0.325 e. The van der Waals surface area contributed by atoms with E-state index < -0.39 is 17.8 Å². The first-order valence-electron chi connectivity index (χ1n) is 13.9. The van der Waals surface area contributed by atoms with E-state index in [-0.39, 0.29) is 17.9 Å². The SMILES string of the molecule is COc1cc2c(Oc3ccc(NC(=O)NC(=O)Cc4ccccc4)cc3F)ccnc2cc1OCCN1CCCCC1. The Labute approximate surface area is 243 Å². The van der Waals surface area contributed by atoms with E-state index in [1.54, 1.807) is 43.6 Å². The van der Waals surface area contributed by atoms with Gasteiger partial charge in [-0.3, -0.25) is 20.0 Å². The average Bonchev–Trinajstić information content (AvgIpc) is 2.99. The molecule has 1 saturated heterocycles. The van der Waals surface area contributed by atoms with Crippen molar-refractivity contribution in [1.29, 1.82) is 0 Å². The van der Waals surface area contributed by atoms with Crippen molar-refractivity contribution < 1.29 is 28.2 Å². The lowest BCUT2D eigenvalue weighted by atomic mass is 10.1. The fourth-order valence-electron chi connectivity index (χ4n) is 4.85. The number of carbonyl (C=O) groups is 2. The molecule has 0 aliphatic carbocycles. The maximum absolute atomic E-state index is 15.0. The number of fused-ring (bicyclic) bond motifs is 1. The number of pyridine rings is 1. The molecule has 3 aromatic carbocycles. The summed E-state index contributed by atoms with van der Waals surface area (Å²) >= 11 is 0. The summed E-state index contributed by atoms with van der Waals surface area (Å²) in [5, 5.41) is 5.33. The van der Waals surface area contributed by atoms with Gasteiger partial charge in [-0.05, 0) is 55.8 Å². The molecule has 1 aromatic heterocycles. The number of urea groups is 1. The van der Waals surface area contributed by atoms with Crippen LogP contribution in [0.5, 0.6) is 23.0 Å². The molecule has 5 rings (SSSR count). The molecule has 218 valence electrons. The number of hydrogen-bond donors (Lipinski definition) is 2. The fraction of sp³-hybridized carbons (Fsp3) is 0.281. The molecule has 10 heteroatoms. The second kappa shape index (κ2) is 13.8. The highest BCUT2D eigenvalue weighted by molar-refractivity contribution is 6.01. The van der Waals surface area contributed by atoms with Crippen LogP contribution in [0.25, 0.3) is 10.9 Å². The zero-order valence-electron chi connectivity index (χ0n) is 23.4. The molecule has 1 aliphatic heterocycles. The average molecular weight is 573 g/mol. The van der Waals surface area contributed by atoms with Crippen molar-refractivity contribution in [2.24, 2.45) is 0 Å². The lowest BCUT2D eigenvalue weighted by molar-refractivity contribution is -0.119. The van der Waals surface area contributed by atoms with Gasteiger partial charge in [0.25, 0.3) is 0 Å². The molecule has 0 saturated carbocycles. The van der Waals surface area contributed by atoms with Crippen molar-refractivity contribution in [3.8, 4) is 23.0 Å². The number of anilines is 1. The number of amides is 3. The number of methoxy groups -OCH3 is 1. The van der Waals surface area contributed by atoms with Crippen LogP contribution in [0.1, 0.15) is 24.8 Å². The van der Waals surface area contributed by atoms with Crippen LogP contribution in [0.4, 0.5) is 14.9 Å². The van der Waals surface area contributed by atoms with Gasteiger partial charge in [0, 0.05) is 35.9 Å². The first-order valence-corrected chi connectivity index (χ1v) is 13.9. The van der Waals surface area contributed by atoms with Crippen LogP contribution in [0.2, 0.25) is 0 Å². The summed E-state index contributed by atoms with van der Waals surface area (Å²) in [4.78, 5) is 31.2. The van der Waals surface area contributed by atoms with Crippen LogP contribution in [0.3, 0.4) is 0 Å². The van der Waals surface area contributed by atoms with Crippen molar-refractivity contribution in [3.63, 3.8) is 0 Å². The third-order valence-electron chi connectivity index (χ3n) is 6.97. The van der Waals surface area contributed by atoms with Crippen LogP contribution in [0, 0.1) is 5.82 Å². The number of nitrogens with zero attached hydrogens (tertiary/aromatic N) is 2. The highest BCUT2D eigenvalue weighted by atomic mass is 19.1. The summed E-state index contributed by atoms with van der Waals surface area (Å²) < 4.78 is 32.5. The highest BCUT2D eigenvalue weighted by Crippen LogP contribution is 2.37. The van der Waals surface area contributed by atoms with Gasteiger partial charge in [0.2, 0.25) is 5.91 Å². The first-order chi connectivity index (χ1) is 20.5. The molecular formula is C32H33FN4O5. The zero-order valence-corrected chi connectivity index (χ0v) is 23.4. The van der Waals surface area contributed by atoms with Crippen molar-refractivity contribution in [2.75, 3.05) is 38.7 Å². The quantitative estimate of drug-likeness (QED) is 0.243. The molecular weight excluding hydrogens is 539 g/mol. The Bertz CT molecular complexity index is 1540. The van der Waals surface area contributed by atoms with Gasteiger partial charge in [-0.15, -0.1) is 0 Å². The molecule has 0 unspecified atom stereocenters. The van der Waals surface area contributed by atoms with Gasteiger partial charge in [0.05, 0.1) is 19.0 Å². The van der Waals surface area contributed by atoms with E-state index in [4.69, 9.17) is 14.2 Å². The van der Waals surface area contributed by atoms with Crippen LogP contribution in [-0.2, 0) is 11.2 Å². The minimum Gasteiger partial charge on any atom is -0.493 e. The zero-order chi connectivity index (χ0) is 29.3. The van der Waals surface area contributed by atoms with Gasteiger partial charge in [-0.1, -0.05) is 36.8 Å². The lowest BCUT2D eigenvalue weighted by Crippen LogP contribution is -2.35. The van der Waals surface area contributed by atoms with Gasteiger partial charge in [-0.2, -0.15) is 0 Å². The molecule has 0 radical (unpaired) electrons. The van der Waals surface area contributed by atoms with Gasteiger partial charge in [-0.25, -0.2) is 9.18 Å². The van der Waals surface area contributed by atoms with E-state index in [2.05, 4.69) is 20.5 Å². The maximum Gasteiger partial charge on any atom is 0.325 e. The second-order valence-electron chi connectivity index (χ2n) is 9.99. The third kappa shape index (κ3) is 7.52. The number of rotatable bonds is 10. The van der Waals surface area contributed by atoms with Crippen molar-refractivity contribution >= 4 is 28.5 Å². The number of imide groups is 1.